The van der Waals surface area contributed by atoms with Crippen LogP contribution in [0.3, 0.4) is 0 Å². The van der Waals surface area contributed by atoms with E-state index < -0.39 is 11.2 Å². The zero-order chi connectivity index (χ0) is 17.9. The molecule has 1 saturated heterocycles. The Labute approximate surface area is 149 Å². The number of allylic oxidation sites excluding steroid dienone is 1. The van der Waals surface area contributed by atoms with Gasteiger partial charge in [-0.15, -0.1) is 0 Å². The summed E-state index contributed by atoms with van der Waals surface area (Å²) in [5, 5.41) is 0. The molecule has 3 aliphatic carbocycles. The fraction of sp³-hybridized carbons (Fsp3) is 0.800. The molecular weight excluding hydrogens is 320 g/mol. The van der Waals surface area contributed by atoms with E-state index in [0.717, 1.165) is 31.3 Å². The van der Waals surface area contributed by atoms with Gasteiger partial charge >= 0.3 is 5.97 Å². The molecule has 4 aliphatic rings. The Morgan fingerprint density at radius 3 is 2.64 bits per heavy atom. The summed E-state index contributed by atoms with van der Waals surface area (Å²) in [5.74, 6) is -0.925. The minimum absolute atomic E-state index is 0.0604. The Kier molecular flexibility index (Phi) is 3.89. The van der Waals surface area contributed by atoms with Gasteiger partial charge < -0.3 is 14.2 Å². The molecule has 1 spiro atoms. The molecule has 138 valence electrons. The van der Waals surface area contributed by atoms with Crippen molar-refractivity contribution in [2.75, 3.05) is 20.3 Å². The first-order valence-electron chi connectivity index (χ1n) is 9.50. The lowest BCUT2D eigenvalue weighted by Crippen LogP contribution is -2.62. The first kappa shape index (κ1) is 17.2. The molecule has 0 radical (unpaired) electrons. The summed E-state index contributed by atoms with van der Waals surface area (Å²) < 4.78 is 17.3. The predicted molar refractivity (Wildman–Crippen MR) is 90.6 cm³/mol. The number of ketones is 1. The van der Waals surface area contributed by atoms with E-state index in [1.807, 2.05) is 0 Å². The second-order valence-corrected chi connectivity index (χ2v) is 8.43. The molecule has 3 fully saturated rings. The van der Waals surface area contributed by atoms with Crippen molar-refractivity contribution < 1.29 is 23.8 Å². The molecule has 5 nitrogen and oxygen atoms in total. The molecule has 0 unspecified atom stereocenters. The molecular formula is C20H28O5. The SMILES string of the molecule is COC(=O)[C@@]12C(=O)CCC[C@@H]1CC=C1[C@H]2CCC2(OCCO2)C1(C)C. The van der Waals surface area contributed by atoms with E-state index in [2.05, 4.69) is 19.9 Å². The van der Waals surface area contributed by atoms with Gasteiger partial charge in [0.2, 0.25) is 0 Å². The number of methoxy groups -OCH3 is 1. The molecule has 25 heavy (non-hydrogen) atoms. The van der Waals surface area contributed by atoms with Crippen LogP contribution in [0.25, 0.3) is 0 Å². The van der Waals surface area contributed by atoms with Crippen molar-refractivity contribution in [1.82, 2.24) is 0 Å². The van der Waals surface area contributed by atoms with Crippen molar-refractivity contribution in [2.45, 2.75) is 58.2 Å². The van der Waals surface area contributed by atoms with Crippen LogP contribution in [0.2, 0.25) is 0 Å². The van der Waals surface area contributed by atoms with Gasteiger partial charge in [0.25, 0.3) is 0 Å². The molecule has 0 bridgehead atoms. The van der Waals surface area contributed by atoms with Crippen LogP contribution in [0.15, 0.2) is 11.6 Å². The lowest BCUT2D eigenvalue weighted by atomic mass is 9.47. The van der Waals surface area contributed by atoms with Gasteiger partial charge in [0, 0.05) is 24.2 Å². The Bertz CT molecular complexity index is 618. The maximum atomic E-state index is 13.1. The van der Waals surface area contributed by atoms with Crippen molar-refractivity contribution in [3.8, 4) is 0 Å². The van der Waals surface area contributed by atoms with Crippen molar-refractivity contribution in [2.24, 2.45) is 22.7 Å². The highest BCUT2D eigenvalue weighted by molar-refractivity contribution is 6.05. The lowest BCUT2D eigenvalue weighted by Gasteiger charge is -2.58. The standard InChI is InChI=1S/C20H28O5/c1-18(2)14-8-7-13-5-4-6-16(21)20(13,17(22)23-3)15(14)9-10-19(18)24-11-12-25-19/h8,13,15H,4-7,9-12H2,1-3H3/t13-,15-,20+/m1/s1. The topological polar surface area (TPSA) is 61.8 Å². The van der Waals surface area contributed by atoms with E-state index >= 15 is 0 Å². The summed E-state index contributed by atoms with van der Waals surface area (Å²) >= 11 is 0. The Morgan fingerprint density at radius 2 is 1.96 bits per heavy atom. The summed E-state index contributed by atoms with van der Waals surface area (Å²) in [6.45, 7) is 5.47. The third-order valence-electron chi connectivity index (χ3n) is 7.32. The van der Waals surface area contributed by atoms with Gasteiger partial charge in [-0.1, -0.05) is 25.5 Å². The maximum absolute atomic E-state index is 13.1. The fourth-order valence-electron chi connectivity index (χ4n) is 6.10. The molecule has 0 N–H and O–H groups in total. The summed E-state index contributed by atoms with van der Waals surface area (Å²) in [6.07, 6.45) is 6.73. The minimum Gasteiger partial charge on any atom is -0.468 e. The monoisotopic (exact) mass is 348 g/mol. The quantitative estimate of drug-likeness (QED) is 0.414. The lowest BCUT2D eigenvalue weighted by molar-refractivity contribution is -0.240. The van der Waals surface area contributed by atoms with Gasteiger partial charge in [0.1, 0.15) is 5.41 Å². The van der Waals surface area contributed by atoms with E-state index in [1.54, 1.807) is 0 Å². The van der Waals surface area contributed by atoms with E-state index in [9.17, 15) is 9.59 Å². The van der Waals surface area contributed by atoms with Crippen molar-refractivity contribution >= 4 is 11.8 Å². The van der Waals surface area contributed by atoms with Crippen LogP contribution < -0.4 is 0 Å². The van der Waals surface area contributed by atoms with Gasteiger partial charge in [-0.3, -0.25) is 9.59 Å². The second-order valence-electron chi connectivity index (χ2n) is 8.43. The number of esters is 1. The van der Waals surface area contributed by atoms with E-state index in [0.29, 0.717) is 26.1 Å². The molecule has 1 aliphatic heterocycles. The summed E-state index contributed by atoms with van der Waals surface area (Å²) in [4.78, 5) is 26.1. The molecule has 0 aromatic rings. The summed E-state index contributed by atoms with van der Waals surface area (Å²) in [7, 11) is 1.41. The van der Waals surface area contributed by atoms with Crippen LogP contribution in [0.4, 0.5) is 0 Å². The van der Waals surface area contributed by atoms with Crippen LogP contribution in [-0.4, -0.2) is 37.9 Å². The average Bonchev–Trinajstić information content (AvgIpc) is 3.08. The molecule has 0 aromatic heterocycles. The largest absolute Gasteiger partial charge is 0.468 e. The number of carbonyl (C=O) groups excluding carboxylic acids is 2. The van der Waals surface area contributed by atoms with E-state index in [-0.39, 0.29) is 29.0 Å². The van der Waals surface area contributed by atoms with Crippen LogP contribution in [0.5, 0.6) is 0 Å². The molecule has 0 aromatic carbocycles. The van der Waals surface area contributed by atoms with E-state index in [1.165, 1.54) is 7.11 Å². The zero-order valence-corrected chi connectivity index (χ0v) is 15.4. The number of Topliss-reactive ketones (excluding diaryl/α,β-unsaturated/α-hetero) is 1. The number of fused-ring (bicyclic) bond motifs is 3. The van der Waals surface area contributed by atoms with Crippen LogP contribution in [0.1, 0.15) is 52.4 Å². The zero-order valence-electron chi connectivity index (χ0n) is 15.4. The molecule has 5 heteroatoms. The van der Waals surface area contributed by atoms with E-state index in [4.69, 9.17) is 14.2 Å². The third-order valence-corrected chi connectivity index (χ3v) is 7.32. The highest BCUT2D eigenvalue weighted by Crippen LogP contribution is 2.63. The van der Waals surface area contributed by atoms with Crippen molar-refractivity contribution in [3.05, 3.63) is 11.6 Å². The number of rotatable bonds is 1. The normalized spacial score (nSPS) is 38.7. The molecule has 1 heterocycles. The smallest absolute Gasteiger partial charge is 0.320 e. The van der Waals surface area contributed by atoms with Crippen molar-refractivity contribution in [1.29, 1.82) is 0 Å². The number of hydrogen-bond acceptors (Lipinski definition) is 5. The van der Waals surface area contributed by atoms with Crippen LogP contribution >= 0.6 is 0 Å². The van der Waals surface area contributed by atoms with Gasteiger partial charge in [0.05, 0.1) is 20.3 Å². The first-order chi connectivity index (χ1) is 11.9. The number of hydrogen-bond donors (Lipinski definition) is 0. The minimum atomic E-state index is -1.01. The van der Waals surface area contributed by atoms with Crippen molar-refractivity contribution in [3.63, 3.8) is 0 Å². The Morgan fingerprint density at radius 1 is 1.24 bits per heavy atom. The Balaban J connectivity index is 1.83. The second kappa shape index (κ2) is 5.65. The first-order valence-corrected chi connectivity index (χ1v) is 9.50. The molecule has 2 saturated carbocycles. The number of carbonyl (C=O) groups is 2. The van der Waals surface area contributed by atoms with Gasteiger partial charge in [0.15, 0.2) is 11.6 Å². The average molecular weight is 348 g/mol. The van der Waals surface area contributed by atoms with Crippen LogP contribution in [-0.2, 0) is 23.8 Å². The molecule has 0 amide bonds. The third kappa shape index (κ3) is 2.02. The van der Waals surface area contributed by atoms with Crippen LogP contribution in [0, 0.1) is 22.7 Å². The van der Waals surface area contributed by atoms with Gasteiger partial charge in [-0.25, -0.2) is 0 Å². The highest BCUT2D eigenvalue weighted by Gasteiger charge is 2.67. The van der Waals surface area contributed by atoms with Gasteiger partial charge in [-0.05, 0) is 31.6 Å². The highest BCUT2D eigenvalue weighted by atomic mass is 16.7. The fourth-order valence-corrected chi connectivity index (χ4v) is 6.10. The summed E-state index contributed by atoms with van der Waals surface area (Å²) in [6, 6.07) is 0. The van der Waals surface area contributed by atoms with Gasteiger partial charge in [-0.2, -0.15) is 0 Å². The maximum Gasteiger partial charge on any atom is 0.320 e. The number of ether oxygens (including phenoxy) is 3. The molecule has 4 rings (SSSR count). The molecule has 3 atom stereocenters. The summed E-state index contributed by atoms with van der Waals surface area (Å²) in [5.41, 5.74) is -0.220. The Hall–Kier alpha value is -1.20. The predicted octanol–water partition coefficient (Wildman–Crippen LogP) is 3.02.